The maximum absolute atomic E-state index is 12.7. The maximum Gasteiger partial charge on any atom is 0.387 e. The van der Waals surface area contributed by atoms with E-state index in [0.29, 0.717) is 32.8 Å². The first-order valence-corrected chi connectivity index (χ1v) is 9.26. The standard InChI is InChI=1S/C19H15F2NO3S2/c1-2-24-14-9-5-13(6-10-14)22-17(23)16(27-19(22)26)11-12-3-7-15(8-4-12)25-18(20)21/h3-11,18H,2H2,1H3/b16-11+. The van der Waals surface area contributed by atoms with E-state index in [4.69, 9.17) is 17.0 Å². The second-order valence-electron chi connectivity index (χ2n) is 5.39. The average Bonchev–Trinajstić information content (AvgIpc) is 2.91. The Morgan fingerprint density at radius 2 is 1.74 bits per heavy atom. The Morgan fingerprint density at radius 1 is 1.11 bits per heavy atom. The van der Waals surface area contributed by atoms with E-state index >= 15 is 0 Å². The zero-order valence-electron chi connectivity index (χ0n) is 14.2. The van der Waals surface area contributed by atoms with Gasteiger partial charge in [0.2, 0.25) is 0 Å². The molecule has 0 spiro atoms. The summed E-state index contributed by atoms with van der Waals surface area (Å²) in [6.07, 6.45) is 1.67. The van der Waals surface area contributed by atoms with E-state index in [2.05, 4.69) is 4.74 Å². The lowest BCUT2D eigenvalue weighted by atomic mass is 10.2. The Labute approximate surface area is 164 Å². The van der Waals surface area contributed by atoms with Gasteiger partial charge in [-0.3, -0.25) is 9.69 Å². The highest BCUT2D eigenvalue weighted by Crippen LogP contribution is 2.36. The van der Waals surface area contributed by atoms with E-state index in [9.17, 15) is 13.6 Å². The summed E-state index contributed by atoms with van der Waals surface area (Å²) in [4.78, 5) is 14.6. The molecule has 0 aliphatic carbocycles. The Kier molecular flexibility index (Phi) is 6.08. The first kappa shape index (κ1) is 19.3. The number of anilines is 1. The van der Waals surface area contributed by atoms with Gasteiger partial charge in [-0.25, -0.2) is 0 Å². The minimum atomic E-state index is -2.87. The Morgan fingerprint density at radius 3 is 2.33 bits per heavy atom. The topological polar surface area (TPSA) is 38.8 Å². The summed E-state index contributed by atoms with van der Waals surface area (Å²) in [5.74, 6) is 0.541. The highest BCUT2D eigenvalue weighted by Gasteiger charge is 2.33. The molecule has 2 aromatic rings. The van der Waals surface area contributed by atoms with Gasteiger partial charge in [0.05, 0.1) is 17.2 Å². The van der Waals surface area contributed by atoms with Crippen molar-refractivity contribution in [2.24, 2.45) is 0 Å². The molecular formula is C19H15F2NO3S2. The van der Waals surface area contributed by atoms with Crippen LogP contribution < -0.4 is 14.4 Å². The van der Waals surface area contributed by atoms with Crippen molar-refractivity contribution >= 4 is 46.0 Å². The van der Waals surface area contributed by atoms with E-state index in [0.717, 1.165) is 0 Å². The fourth-order valence-corrected chi connectivity index (χ4v) is 3.74. The zero-order valence-corrected chi connectivity index (χ0v) is 15.9. The predicted molar refractivity (Wildman–Crippen MR) is 106 cm³/mol. The first-order chi connectivity index (χ1) is 13.0. The highest BCUT2D eigenvalue weighted by molar-refractivity contribution is 8.27. The van der Waals surface area contributed by atoms with Crippen molar-refractivity contribution in [3.8, 4) is 11.5 Å². The number of carbonyl (C=O) groups is 1. The molecule has 1 aliphatic heterocycles. The number of amides is 1. The molecule has 0 aromatic heterocycles. The number of nitrogens with zero attached hydrogens (tertiary/aromatic N) is 1. The van der Waals surface area contributed by atoms with Crippen LogP contribution in [0.25, 0.3) is 6.08 Å². The molecule has 0 radical (unpaired) electrons. The van der Waals surface area contributed by atoms with Crippen molar-refractivity contribution in [2.75, 3.05) is 11.5 Å². The van der Waals surface area contributed by atoms with Gasteiger partial charge >= 0.3 is 6.61 Å². The average molecular weight is 407 g/mol. The summed E-state index contributed by atoms with van der Waals surface area (Å²) in [5.41, 5.74) is 1.34. The van der Waals surface area contributed by atoms with Crippen LogP contribution in [0.15, 0.2) is 53.4 Å². The van der Waals surface area contributed by atoms with Crippen molar-refractivity contribution in [3.05, 3.63) is 59.0 Å². The molecule has 1 heterocycles. The van der Waals surface area contributed by atoms with Crippen molar-refractivity contribution in [1.82, 2.24) is 0 Å². The molecule has 1 amide bonds. The van der Waals surface area contributed by atoms with Gasteiger partial charge in [-0.15, -0.1) is 0 Å². The monoisotopic (exact) mass is 407 g/mol. The SMILES string of the molecule is CCOc1ccc(N2C(=O)/C(=C\c3ccc(OC(F)F)cc3)SC2=S)cc1. The van der Waals surface area contributed by atoms with Gasteiger partial charge in [-0.2, -0.15) is 8.78 Å². The fraction of sp³-hybridized carbons (Fsp3) is 0.158. The summed E-state index contributed by atoms with van der Waals surface area (Å²) >= 11 is 6.52. The Balaban J connectivity index is 1.77. The van der Waals surface area contributed by atoms with Gasteiger partial charge in [0.1, 0.15) is 11.5 Å². The van der Waals surface area contributed by atoms with E-state index < -0.39 is 6.61 Å². The fourth-order valence-electron chi connectivity index (χ4n) is 2.45. The second kappa shape index (κ2) is 8.49. The molecule has 0 N–H and O–H groups in total. The normalized spacial score (nSPS) is 15.7. The number of hydrogen-bond donors (Lipinski definition) is 0. The molecule has 140 valence electrons. The van der Waals surface area contributed by atoms with Gasteiger partial charge in [0, 0.05) is 0 Å². The quantitative estimate of drug-likeness (QED) is 0.493. The van der Waals surface area contributed by atoms with Crippen LogP contribution in [0.1, 0.15) is 12.5 Å². The Bertz CT molecular complexity index is 868. The zero-order chi connectivity index (χ0) is 19.4. The number of rotatable bonds is 6. The van der Waals surface area contributed by atoms with Gasteiger partial charge in [0.25, 0.3) is 5.91 Å². The Hall–Kier alpha value is -2.45. The predicted octanol–water partition coefficient (Wildman–Crippen LogP) is 5.09. The van der Waals surface area contributed by atoms with E-state index in [1.54, 1.807) is 42.5 Å². The molecule has 1 aliphatic rings. The molecule has 0 saturated carbocycles. The number of thioether (sulfide) groups is 1. The largest absolute Gasteiger partial charge is 0.494 e. The summed E-state index contributed by atoms with van der Waals surface area (Å²) in [7, 11) is 0. The molecule has 27 heavy (non-hydrogen) atoms. The summed E-state index contributed by atoms with van der Waals surface area (Å²) in [6, 6.07) is 13.1. The van der Waals surface area contributed by atoms with Crippen LogP contribution >= 0.6 is 24.0 Å². The number of halogens is 2. The number of hydrogen-bond acceptors (Lipinski definition) is 5. The number of alkyl halides is 2. The summed E-state index contributed by atoms with van der Waals surface area (Å²) in [6.45, 7) is -0.418. The van der Waals surface area contributed by atoms with Gasteiger partial charge in [-0.1, -0.05) is 36.1 Å². The molecular weight excluding hydrogens is 392 g/mol. The smallest absolute Gasteiger partial charge is 0.387 e. The van der Waals surface area contributed by atoms with E-state index in [1.165, 1.54) is 28.8 Å². The minimum Gasteiger partial charge on any atom is -0.494 e. The van der Waals surface area contributed by atoms with Gasteiger partial charge in [0.15, 0.2) is 4.32 Å². The minimum absolute atomic E-state index is 0.0593. The van der Waals surface area contributed by atoms with Crippen molar-refractivity contribution < 1.29 is 23.0 Å². The third-order valence-electron chi connectivity index (χ3n) is 3.60. The van der Waals surface area contributed by atoms with Crippen molar-refractivity contribution in [3.63, 3.8) is 0 Å². The second-order valence-corrected chi connectivity index (χ2v) is 7.07. The molecule has 0 atom stereocenters. The van der Waals surface area contributed by atoms with Gasteiger partial charge < -0.3 is 9.47 Å². The third-order valence-corrected chi connectivity index (χ3v) is 4.90. The summed E-state index contributed by atoms with van der Waals surface area (Å²) < 4.78 is 34.5. The lowest BCUT2D eigenvalue weighted by Gasteiger charge is -2.15. The van der Waals surface area contributed by atoms with E-state index in [1.807, 2.05) is 6.92 Å². The summed E-state index contributed by atoms with van der Waals surface area (Å²) in [5, 5.41) is 0. The molecule has 2 aromatic carbocycles. The number of carbonyl (C=O) groups excluding carboxylic acids is 1. The van der Waals surface area contributed by atoms with E-state index in [-0.39, 0.29) is 11.7 Å². The lowest BCUT2D eigenvalue weighted by Crippen LogP contribution is -2.27. The lowest BCUT2D eigenvalue weighted by molar-refractivity contribution is -0.113. The molecule has 1 saturated heterocycles. The first-order valence-electron chi connectivity index (χ1n) is 8.03. The van der Waals surface area contributed by atoms with Crippen LogP contribution in [0.4, 0.5) is 14.5 Å². The molecule has 4 nitrogen and oxygen atoms in total. The van der Waals surface area contributed by atoms with Gasteiger partial charge in [-0.05, 0) is 55.0 Å². The van der Waals surface area contributed by atoms with Crippen LogP contribution in [0.5, 0.6) is 11.5 Å². The third kappa shape index (κ3) is 4.64. The van der Waals surface area contributed by atoms with Crippen molar-refractivity contribution in [1.29, 1.82) is 0 Å². The molecule has 1 fully saturated rings. The molecule has 3 rings (SSSR count). The maximum atomic E-state index is 12.7. The van der Waals surface area contributed by atoms with Crippen LogP contribution in [-0.4, -0.2) is 23.4 Å². The molecule has 8 heteroatoms. The number of benzene rings is 2. The number of thiocarbonyl (C=S) groups is 1. The van der Waals surface area contributed by atoms with Crippen LogP contribution in [0.3, 0.4) is 0 Å². The number of ether oxygens (including phenoxy) is 2. The van der Waals surface area contributed by atoms with Crippen LogP contribution in [0.2, 0.25) is 0 Å². The highest BCUT2D eigenvalue weighted by atomic mass is 32.2. The molecule has 0 bridgehead atoms. The molecule has 0 unspecified atom stereocenters. The van der Waals surface area contributed by atoms with Crippen LogP contribution in [-0.2, 0) is 4.79 Å². The van der Waals surface area contributed by atoms with Crippen molar-refractivity contribution in [2.45, 2.75) is 13.5 Å². The van der Waals surface area contributed by atoms with Crippen LogP contribution in [0, 0.1) is 0 Å².